The third-order valence-corrected chi connectivity index (χ3v) is 6.90. The third kappa shape index (κ3) is 2.87. The Morgan fingerprint density at radius 3 is 2.14 bits per heavy atom. The molecular formula is C26H27BO2. The van der Waals surface area contributed by atoms with Crippen LogP contribution in [0.4, 0.5) is 0 Å². The first-order valence-corrected chi connectivity index (χ1v) is 10.5. The molecule has 2 aliphatic carbocycles. The fourth-order valence-corrected chi connectivity index (χ4v) is 4.67. The Labute approximate surface area is 173 Å². The number of allylic oxidation sites excluding steroid dienone is 4. The molecule has 2 aromatic carbocycles. The van der Waals surface area contributed by atoms with Crippen molar-refractivity contribution in [2.75, 3.05) is 0 Å². The van der Waals surface area contributed by atoms with E-state index < -0.39 is 0 Å². The van der Waals surface area contributed by atoms with Gasteiger partial charge >= 0.3 is 7.12 Å². The molecule has 0 bridgehead atoms. The molecule has 1 saturated heterocycles. The summed E-state index contributed by atoms with van der Waals surface area (Å²) in [7, 11) is -0.335. The Kier molecular flexibility index (Phi) is 4.24. The van der Waals surface area contributed by atoms with E-state index in [1.807, 2.05) is 0 Å². The number of rotatable bonds is 2. The van der Waals surface area contributed by atoms with Gasteiger partial charge in [-0.25, -0.2) is 0 Å². The van der Waals surface area contributed by atoms with Crippen LogP contribution in [0.1, 0.15) is 39.7 Å². The minimum atomic E-state index is -0.350. The van der Waals surface area contributed by atoms with Gasteiger partial charge in [-0.1, -0.05) is 72.8 Å². The highest BCUT2D eigenvalue weighted by atomic mass is 16.7. The Bertz CT molecular complexity index is 1120. The summed E-state index contributed by atoms with van der Waals surface area (Å²) in [4.78, 5) is 0. The van der Waals surface area contributed by atoms with Crippen LogP contribution in [-0.4, -0.2) is 18.3 Å². The highest BCUT2D eigenvalue weighted by Crippen LogP contribution is 2.44. The number of hydrogen-bond acceptors (Lipinski definition) is 2. The van der Waals surface area contributed by atoms with Crippen LogP contribution >= 0.6 is 0 Å². The van der Waals surface area contributed by atoms with Gasteiger partial charge in [0, 0.05) is 5.92 Å². The van der Waals surface area contributed by atoms with Gasteiger partial charge in [-0.05, 0) is 66.7 Å². The molecule has 1 heterocycles. The van der Waals surface area contributed by atoms with Crippen LogP contribution in [0.25, 0.3) is 11.0 Å². The summed E-state index contributed by atoms with van der Waals surface area (Å²) >= 11 is 0. The summed E-state index contributed by atoms with van der Waals surface area (Å²) in [5, 5.41) is 2.52. The minimum Gasteiger partial charge on any atom is -0.400 e. The molecule has 146 valence electrons. The van der Waals surface area contributed by atoms with E-state index in [4.69, 9.17) is 9.31 Å². The van der Waals surface area contributed by atoms with Crippen LogP contribution in [0.5, 0.6) is 0 Å². The minimum absolute atomic E-state index is 0.264. The molecule has 1 unspecified atom stereocenters. The van der Waals surface area contributed by atoms with Gasteiger partial charge in [0.2, 0.25) is 0 Å². The summed E-state index contributed by atoms with van der Waals surface area (Å²) in [5.41, 5.74) is 4.52. The zero-order chi connectivity index (χ0) is 20.2. The maximum atomic E-state index is 6.53. The molecule has 1 aliphatic heterocycles. The molecular weight excluding hydrogens is 355 g/mol. The Balaban J connectivity index is 1.82. The highest BCUT2D eigenvalue weighted by Gasteiger charge is 2.54. The Morgan fingerprint density at radius 2 is 1.45 bits per heavy atom. The van der Waals surface area contributed by atoms with Gasteiger partial charge in [0.25, 0.3) is 0 Å². The van der Waals surface area contributed by atoms with Crippen molar-refractivity contribution in [2.24, 2.45) is 5.92 Å². The van der Waals surface area contributed by atoms with Crippen LogP contribution < -0.4 is 10.4 Å². The second-order valence-corrected chi connectivity index (χ2v) is 9.17. The fraction of sp³-hybridized carbons (Fsp3) is 0.308. The highest BCUT2D eigenvalue weighted by molar-refractivity contribution is 6.67. The van der Waals surface area contributed by atoms with E-state index in [9.17, 15) is 0 Å². The lowest BCUT2D eigenvalue weighted by molar-refractivity contribution is 0.00578. The molecule has 0 aromatic heterocycles. The summed E-state index contributed by atoms with van der Waals surface area (Å²) in [6.07, 6.45) is 7.69. The second-order valence-electron chi connectivity index (χ2n) is 9.17. The largest absolute Gasteiger partial charge is 0.491 e. The molecule has 1 atom stereocenters. The lowest BCUT2D eigenvalue weighted by Gasteiger charge is -2.32. The van der Waals surface area contributed by atoms with Crippen LogP contribution in [0.15, 0.2) is 78.4 Å². The summed E-state index contributed by atoms with van der Waals surface area (Å²) in [5.74, 6) is 0.264. The summed E-state index contributed by atoms with van der Waals surface area (Å²) in [6.45, 7) is 8.51. The smallest absolute Gasteiger partial charge is 0.400 e. The first kappa shape index (κ1) is 18.7. The van der Waals surface area contributed by atoms with E-state index in [0.29, 0.717) is 0 Å². The standard InChI is InChI=1S/C26H27BO2/c1-25(2)26(3,4)29-27(28-25)24-21-16-10-8-14-19(21)23(18-12-6-5-7-13-18)20-15-9-11-17-22(20)24/h5-16,22H,17H2,1-4H3. The predicted molar refractivity (Wildman–Crippen MR) is 119 cm³/mol. The SMILES string of the molecule is CC1(C)OB(C2=c3ccccc3=C(c3ccccc3)C3=CC=CCC32)OC1(C)C. The fourth-order valence-electron chi connectivity index (χ4n) is 4.67. The Hall–Kier alpha value is -2.36. The third-order valence-electron chi connectivity index (χ3n) is 6.90. The molecule has 2 nitrogen and oxygen atoms in total. The topological polar surface area (TPSA) is 18.5 Å². The van der Waals surface area contributed by atoms with Crippen LogP contribution in [0.2, 0.25) is 0 Å². The zero-order valence-corrected chi connectivity index (χ0v) is 17.6. The Morgan fingerprint density at radius 1 is 0.828 bits per heavy atom. The van der Waals surface area contributed by atoms with Crippen LogP contribution in [0, 0.1) is 5.92 Å². The number of fused-ring (bicyclic) bond motifs is 2. The van der Waals surface area contributed by atoms with Gasteiger partial charge < -0.3 is 9.31 Å². The van der Waals surface area contributed by atoms with E-state index in [2.05, 4.69) is 101 Å². The summed E-state index contributed by atoms with van der Waals surface area (Å²) in [6, 6.07) is 19.5. The van der Waals surface area contributed by atoms with Gasteiger partial charge in [-0.2, -0.15) is 0 Å². The lowest BCUT2D eigenvalue weighted by atomic mass is 9.61. The monoisotopic (exact) mass is 382 g/mol. The quantitative estimate of drug-likeness (QED) is 0.726. The first-order chi connectivity index (χ1) is 13.9. The van der Waals surface area contributed by atoms with Gasteiger partial charge in [0.05, 0.1) is 11.2 Å². The molecule has 0 saturated carbocycles. The van der Waals surface area contributed by atoms with Crippen LogP contribution in [-0.2, 0) is 9.31 Å². The van der Waals surface area contributed by atoms with Crippen molar-refractivity contribution in [3.63, 3.8) is 0 Å². The van der Waals surface area contributed by atoms with Gasteiger partial charge in [0.1, 0.15) is 0 Å². The molecule has 2 aromatic rings. The van der Waals surface area contributed by atoms with Gasteiger partial charge in [0.15, 0.2) is 0 Å². The average molecular weight is 382 g/mol. The molecule has 3 aliphatic rings. The number of hydrogen-bond donors (Lipinski definition) is 0. The molecule has 0 radical (unpaired) electrons. The summed E-state index contributed by atoms with van der Waals surface area (Å²) < 4.78 is 13.1. The van der Waals surface area contributed by atoms with E-state index in [1.54, 1.807) is 0 Å². The van der Waals surface area contributed by atoms with Crippen molar-refractivity contribution < 1.29 is 9.31 Å². The normalized spacial score (nSPS) is 24.2. The van der Waals surface area contributed by atoms with E-state index in [-0.39, 0.29) is 24.2 Å². The molecule has 3 heteroatoms. The molecule has 0 amide bonds. The first-order valence-electron chi connectivity index (χ1n) is 10.5. The molecule has 29 heavy (non-hydrogen) atoms. The maximum Gasteiger partial charge on any atom is 0.491 e. The predicted octanol–water partition coefficient (Wildman–Crippen LogP) is 4.18. The van der Waals surface area contributed by atoms with E-state index >= 15 is 0 Å². The van der Waals surface area contributed by atoms with Crippen molar-refractivity contribution >= 4 is 18.2 Å². The average Bonchev–Trinajstić information content (AvgIpc) is 2.93. The molecule has 5 rings (SSSR count). The molecule has 1 fully saturated rings. The maximum absolute atomic E-state index is 6.53. The van der Waals surface area contributed by atoms with E-state index in [0.717, 1.165) is 6.42 Å². The van der Waals surface area contributed by atoms with Crippen molar-refractivity contribution in [1.82, 2.24) is 0 Å². The lowest BCUT2D eigenvalue weighted by Crippen LogP contribution is -2.43. The van der Waals surface area contributed by atoms with Gasteiger partial charge in [-0.3, -0.25) is 0 Å². The van der Waals surface area contributed by atoms with Gasteiger partial charge in [-0.15, -0.1) is 0 Å². The number of benzene rings is 2. The van der Waals surface area contributed by atoms with Crippen molar-refractivity contribution in [1.29, 1.82) is 0 Å². The second kappa shape index (κ2) is 6.58. The van der Waals surface area contributed by atoms with Crippen molar-refractivity contribution in [3.05, 3.63) is 94.4 Å². The molecule has 0 N–H and O–H groups in total. The van der Waals surface area contributed by atoms with E-state index in [1.165, 1.54) is 32.6 Å². The van der Waals surface area contributed by atoms with Crippen molar-refractivity contribution in [2.45, 2.75) is 45.3 Å². The zero-order valence-electron chi connectivity index (χ0n) is 17.6. The van der Waals surface area contributed by atoms with Crippen molar-refractivity contribution in [3.8, 4) is 0 Å². The van der Waals surface area contributed by atoms with Crippen LogP contribution in [0.3, 0.4) is 0 Å². The molecule has 0 spiro atoms.